The summed E-state index contributed by atoms with van der Waals surface area (Å²) in [6.07, 6.45) is 1.50. The van der Waals surface area contributed by atoms with Gasteiger partial charge in [0.15, 0.2) is 0 Å². The van der Waals surface area contributed by atoms with Crippen molar-refractivity contribution in [1.82, 2.24) is 0 Å². The topological polar surface area (TPSA) is 34.1 Å². The maximum Gasteiger partial charge on any atom is 0.135 e. The predicted octanol–water partition coefficient (Wildman–Crippen LogP) is 4.27. The van der Waals surface area contributed by atoms with Crippen LogP contribution in [0.5, 0.6) is 0 Å². The van der Waals surface area contributed by atoms with E-state index in [9.17, 15) is 9.59 Å². The molecule has 0 aromatic rings. The Bertz CT molecular complexity index is 220. The molecular weight excluding hydrogens is 212 g/mol. The lowest BCUT2D eigenvalue weighted by atomic mass is 9.92. The van der Waals surface area contributed by atoms with E-state index in [1.54, 1.807) is 6.92 Å². The largest absolute Gasteiger partial charge is 0.300 e. The van der Waals surface area contributed by atoms with Crippen LogP contribution in [0.1, 0.15) is 68.2 Å². The summed E-state index contributed by atoms with van der Waals surface area (Å²) in [7, 11) is 0. The van der Waals surface area contributed by atoms with Gasteiger partial charge < -0.3 is 0 Å². The number of carbonyl (C=O) groups is 2. The molecule has 0 aliphatic rings. The van der Waals surface area contributed by atoms with Gasteiger partial charge in [0, 0.05) is 18.3 Å². The Kier molecular flexibility index (Phi) is 9.28. The molecule has 0 aliphatic heterocycles. The zero-order valence-electron chi connectivity index (χ0n) is 12.9. The van der Waals surface area contributed by atoms with Crippen LogP contribution in [0.15, 0.2) is 0 Å². The third-order valence-corrected chi connectivity index (χ3v) is 2.33. The maximum atomic E-state index is 11.1. The fourth-order valence-corrected chi connectivity index (χ4v) is 0.994. The molecule has 0 aromatic carbocycles. The Morgan fingerprint density at radius 3 is 1.24 bits per heavy atom. The van der Waals surface area contributed by atoms with E-state index in [1.165, 1.54) is 0 Å². The van der Waals surface area contributed by atoms with Crippen LogP contribution < -0.4 is 0 Å². The van der Waals surface area contributed by atoms with E-state index in [0.717, 1.165) is 12.8 Å². The van der Waals surface area contributed by atoms with Crippen LogP contribution in [-0.4, -0.2) is 11.6 Å². The summed E-state index contributed by atoms with van der Waals surface area (Å²) in [5, 5.41) is 0. The summed E-state index contributed by atoms with van der Waals surface area (Å²) in [4.78, 5) is 21.5. The Morgan fingerprint density at radius 2 is 1.12 bits per heavy atom. The fraction of sp³-hybridized carbons (Fsp3) is 0.867. The number of rotatable bonds is 4. The van der Waals surface area contributed by atoms with Gasteiger partial charge in [-0.15, -0.1) is 0 Å². The molecule has 0 fully saturated rings. The summed E-state index contributed by atoms with van der Waals surface area (Å²) in [6, 6.07) is 0. The van der Waals surface area contributed by atoms with Crippen molar-refractivity contribution in [2.24, 2.45) is 17.3 Å². The molecule has 0 rings (SSSR count). The second-order valence-electron chi connectivity index (χ2n) is 6.54. The van der Waals surface area contributed by atoms with Gasteiger partial charge in [0.25, 0.3) is 0 Å². The SMILES string of the molecule is CC(=O)C(C)(C)C.CC(C)CC(=O)CC(C)C. The van der Waals surface area contributed by atoms with Crippen LogP contribution >= 0.6 is 0 Å². The first-order valence-electron chi connectivity index (χ1n) is 6.49. The Labute approximate surface area is 107 Å². The van der Waals surface area contributed by atoms with Gasteiger partial charge in [0.1, 0.15) is 11.6 Å². The summed E-state index contributed by atoms with van der Waals surface area (Å²) >= 11 is 0. The van der Waals surface area contributed by atoms with Gasteiger partial charge in [-0.25, -0.2) is 0 Å². The number of Topliss-reactive ketones (excluding diaryl/α,β-unsaturated/α-hetero) is 2. The van der Waals surface area contributed by atoms with Crippen molar-refractivity contribution < 1.29 is 9.59 Å². The summed E-state index contributed by atoms with van der Waals surface area (Å²) in [5.41, 5.74) is -0.139. The minimum absolute atomic E-state index is 0.139. The van der Waals surface area contributed by atoms with E-state index in [-0.39, 0.29) is 11.2 Å². The van der Waals surface area contributed by atoms with Gasteiger partial charge in [-0.3, -0.25) is 9.59 Å². The quantitative estimate of drug-likeness (QED) is 0.737. The molecule has 2 heteroatoms. The van der Waals surface area contributed by atoms with Crippen LogP contribution in [0.25, 0.3) is 0 Å². The summed E-state index contributed by atoms with van der Waals surface area (Å²) in [6.45, 7) is 15.7. The molecule has 0 unspecified atom stereocenters. The molecule has 0 saturated carbocycles. The average molecular weight is 242 g/mol. The predicted molar refractivity (Wildman–Crippen MR) is 74.1 cm³/mol. The van der Waals surface area contributed by atoms with E-state index in [4.69, 9.17) is 0 Å². The maximum absolute atomic E-state index is 11.1. The molecular formula is C15H30O2. The highest BCUT2D eigenvalue weighted by Gasteiger charge is 2.14. The normalized spacial score (nSPS) is 11.2. The standard InChI is InChI=1S/C9H18O.C6H12O/c1-7(2)5-9(10)6-8(3)4;1-5(7)6(2,3)4/h7-8H,5-6H2,1-4H3;1-4H3. The van der Waals surface area contributed by atoms with Gasteiger partial charge in [-0.05, 0) is 18.8 Å². The lowest BCUT2D eigenvalue weighted by Crippen LogP contribution is -2.15. The van der Waals surface area contributed by atoms with Crippen molar-refractivity contribution in [2.75, 3.05) is 0 Å². The van der Waals surface area contributed by atoms with Crippen molar-refractivity contribution in [2.45, 2.75) is 68.2 Å². The highest BCUT2D eigenvalue weighted by atomic mass is 16.1. The summed E-state index contributed by atoms with van der Waals surface area (Å²) in [5.74, 6) is 1.69. The monoisotopic (exact) mass is 242 g/mol. The number of hydrogen-bond acceptors (Lipinski definition) is 2. The minimum atomic E-state index is -0.139. The highest BCUT2D eigenvalue weighted by molar-refractivity contribution is 5.80. The van der Waals surface area contributed by atoms with E-state index in [0.29, 0.717) is 17.6 Å². The Hall–Kier alpha value is -0.660. The first kappa shape index (κ1) is 18.7. The van der Waals surface area contributed by atoms with E-state index in [1.807, 2.05) is 20.8 Å². The third-order valence-electron chi connectivity index (χ3n) is 2.33. The van der Waals surface area contributed by atoms with Crippen molar-refractivity contribution in [3.05, 3.63) is 0 Å². The van der Waals surface area contributed by atoms with Gasteiger partial charge in [-0.1, -0.05) is 48.5 Å². The molecule has 0 radical (unpaired) electrons. The first-order chi connectivity index (χ1) is 7.46. The number of carbonyl (C=O) groups excluding carboxylic acids is 2. The highest BCUT2D eigenvalue weighted by Crippen LogP contribution is 2.12. The van der Waals surface area contributed by atoms with Crippen LogP contribution in [-0.2, 0) is 9.59 Å². The first-order valence-corrected chi connectivity index (χ1v) is 6.49. The molecule has 0 bridgehead atoms. The number of ketones is 2. The molecule has 0 aliphatic carbocycles. The summed E-state index contributed by atoms with van der Waals surface area (Å²) < 4.78 is 0. The smallest absolute Gasteiger partial charge is 0.135 e. The molecule has 102 valence electrons. The third kappa shape index (κ3) is 15.3. The van der Waals surface area contributed by atoms with E-state index >= 15 is 0 Å². The molecule has 0 aromatic heterocycles. The zero-order valence-corrected chi connectivity index (χ0v) is 12.9. The molecule has 2 nitrogen and oxygen atoms in total. The van der Waals surface area contributed by atoms with Crippen molar-refractivity contribution in [1.29, 1.82) is 0 Å². The zero-order chi connectivity index (χ0) is 14.2. The molecule has 0 amide bonds. The van der Waals surface area contributed by atoms with Gasteiger partial charge in [0.2, 0.25) is 0 Å². The molecule has 0 atom stereocenters. The van der Waals surface area contributed by atoms with Gasteiger partial charge in [-0.2, -0.15) is 0 Å². The molecule has 0 spiro atoms. The molecule has 0 heterocycles. The van der Waals surface area contributed by atoms with Crippen LogP contribution in [0.4, 0.5) is 0 Å². The molecule has 0 N–H and O–H groups in total. The van der Waals surface area contributed by atoms with Crippen LogP contribution in [0.2, 0.25) is 0 Å². The van der Waals surface area contributed by atoms with E-state index in [2.05, 4.69) is 27.7 Å². The van der Waals surface area contributed by atoms with Crippen molar-refractivity contribution >= 4 is 11.6 Å². The Morgan fingerprint density at radius 1 is 0.882 bits per heavy atom. The number of hydrogen-bond donors (Lipinski definition) is 0. The average Bonchev–Trinajstić information content (AvgIpc) is 1.98. The van der Waals surface area contributed by atoms with E-state index < -0.39 is 0 Å². The Balaban J connectivity index is 0. The molecule has 17 heavy (non-hydrogen) atoms. The van der Waals surface area contributed by atoms with Crippen molar-refractivity contribution in [3.8, 4) is 0 Å². The van der Waals surface area contributed by atoms with Gasteiger partial charge >= 0.3 is 0 Å². The fourth-order valence-electron chi connectivity index (χ4n) is 0.994. The minimum Gasteiger partial charge on any atom is -0.300 e. The second kappa shape index (κ2) is 8.43. The molecule has 0 saturated heterocycles. The second-order valence-corrected chi connectivity index (χ2v) is 6.54. The lowest BCUT2D eigenvalue weighted by molar-refractivity contribution is -0.124. The van der Waals surface area contributed by atoms with Gasteiger partial charge in [0.05, 0.1) is 0 Å². The van der Waals surface area contributed by atoms with Crippen molar-refractivity contribution in [3.63, 3.8) is 0 Å². The lowest BCUT2D eigenvalue weighted by Gasteiger charge is -2.11. The van der Waals surface area contributed by atoms with Crippen LogP contribution in [0, 0.1) is 17.3 Å². The van der Waals surface area contributed by atoms with Crippen LogP contribution in [0.3, 0.4) is 0 Å².